The maximum atomic E-state index is 4.12. The molecule has 0 aromatic carbocycles. The highest BCUT2D eigenvalue weighted by Gasteiger charge is 2.35. The van der Waals surface area contributed by atoms with Crippen molar-refractivity contribution in [1.29, 1.82) is 0 Å². The van der Waals surface area contributed by atoms with E-state index in [1.54, 1.807) is 0 Å². The molecule has 0 spiro atoms. The van der Waals surface area contributed by atoms with E-state index in [9.17, 15) is 0 Å². The van der Waals surface area contributed by atoms with Crippen molar-refractivity contribution in [2.24, 2.45) is 23.2 Å². The Morgan fingerprint density at radius 1 is 1.21 bits per heavy atom. The molecule has 1 saturated carbocycles. The van der Waals surface area contributed by atoms with Crippen LogP contribution in [-0.2, 0) is 0 Å². The summed E-state index contributed by atoms with van der Waals surface area (Å²) < 4.78 is 0. The van der Waals surface area contributed by atoms with Crippen molar-refractivity contribution in [3.8, 4) is 0 Å². The Morgan fingerprint density at radius 2 is 1.79 bits per heavy atom. The second-order valence-corrected chi connectivity index (χ2v) is 6.31. The van der Waals surface area contributed by atoms with Gasteiger partial charge >= 0.3 is 0 Å². The molecule has 0 saturated heterocycles. The zero-order chi connectivity index (χ0) is 10.9. The van der Waals surface area contributed by atoms with Crippen LogP contribution in [0, 0.1) is 23.2 Å². The predicted octanol–water partition coefficient (Wildman–Crippen LogP) is 4.66. The molecule has 82 valence electrons. The molecule has 0 radical (unpaired) electrons. The first-order valence-corrected chi connectivity index (χ1v) is 5.97. The van der Waals surface area contributed by atoms with Gasteiger partial charge < -0.3 is 0 Å². The SMILES string of the molecule is C=C(C)[C@H]1CC[C@H](C)C(C(C)(C)C)C1. The Balaban J connectivity index is 2.69. The van der Waals surface area contributed by atoms with Crippen molar-refractivity contribution in [3.05, 3.63) is 12.2 Å². The maximum Gasteiger partial charge on any atom is -0.0206 e. The summed E-state index contributed by atoms with van der Waals surface area (Å²) in [5.74, 6) is 2.55. The predicted molar refractivity (Wildman–Crippen MR) is 64.3 cm³/mol. The Labute approximate surface area is 89.8 Å². The van der Waals surface area contributed by atoms with E-state index in [4.69, 9.17) is 0 Å². The molecule has 3 atom stereocenters. The van der Waals surface area contributed by atoms with Crippen LogP contribution >= 0.6 is 0 Å². The zero-order valence-electron chi connectivity index (χ0n) is 10.6. The van der Waals surface area contributed by atoms with Crippen molar-refractivity contribution in [1.82, 2.24) is 0 Å². The first-order chi connectivity index (χ1) is 6.32. The number of allylic oxidation sites excluding steroid dienone is 1. The Morgan fingerprint density at radius 3 is 2.21 bits per heavy atom. The fourth-order valence-electron chi connectivity index (χ4n) is 2.98. The number of rotatable bonds is 1. The third-order valence-electron chi connectivity index (χ3n) is 4.01. The topological polar surface area (TPSA) is 0 Å². The van der Waals surface area contributed by atoms with E-state index < -0.39 is 0 Å². The van der Waals surface area contributed by atoms with Crippen LogP contribution in [0.2, 0.25) is 0 Å². The molecule has 0 bridgehead atoms. The lowest BCUT2D eigenvalue weighted by Gasteiger charge is -2.42. The van der Waals surface area contributed by atoms with Gasteiger partial charge in [0.1, 0.15) is 0 Å². The van der Waals surface area contributed by atoms with Crippen LogP contribution in [0.25, 0.3) is 0 Å². The molecule has 0 amide bonds. The van der Waals surface area contributed by atoms with Gasteiger partial charge in [0.2, 0.25) is 0 Å². The highest BCUT2D eigenvalue weighted by molar-refractivity contribution is 5.00. The second-order valence-electron chi connectivity index (χ2n) is 6.31. The summed E-state index contributed by atoms with van der Waals surface area (Å²) in [6.45, 7) is 15.9. The van der Waals surface area contributed by atoms with Gasteiger partial charge in [0.15, 0.2) is 0 Å². The number of hydrogen-bond donors (Lipinski definition) is 0. The molecule has 1 unspecified atom stereocenters. The lowest BCUT2D eigenvalue weighted by Crippen LogP contribution is -2.33. The summed E-state index contributed by atoms with van der Waals surface area (Å²) in [5, 5.41) is 0. The van der Waals surface area contributed by atoms with Gasteiger partial charge in [-0.1, -0.05) is 39.8 Å². The zero-order valence-corrected chi connectivity index (χ0v) is 10.6. The van der Waals surface area contributed by atoms with Crippen LogP contribution in [0.5, 0.6) is 0 Å². The van der Waals surface area contributed by atoms with Crippen LogP contribution < -0.4 is 0 Å². The van der Waals surface area contributed by atoms with Crippen molar-refractivity contribution >= 4 is 0 Å². The van der Waals surface area contributed by atoms with Crippen LogP contribution in [-0.4, -0.2) is 0 Å². The average Bonchev–Trinajstić information content (AvgIpc) is 2.02. The van der Waals surface area contributed by atoms with E-state index in [2.05, 4.69) is 41.2 Å². The van der Waals surface area contributed by atoms with E-state index in [0.717, 1.165) is 17.8 Å². The third-order valence-corrected chi connectivity index (χ3v) is 4.01. The van der Waals surface area contributed by atoms with Crippen LogP contribution in [0.15, 0.2) is 12.2 Å². The van der Waals surface area contributed by atoms with Gasteiger partial charge in [-0.05, 0) is 49.4 Å². The standard InChI is InChI=1S/C14H26/c1-10(2)12-8-7-11(3)13(9-12)14(4,5)6/h11-13H,1,7-9H2,2-6H3/t11-,12-,13?/m0/s1. The maximum absolute atomic E-state index is 4.12. The van der Waals surface area contributed by atoms with Crippen LogP contribution in [0.1, 0.15) is 53.9 Å². The van der Waals surface area contributed by atoms with Gasteiger partial charge in [-0.25, -0.2) is 0 Å². The molecule has 0 N–H and O–H groups in total. The molecular weight excluding hydrogens is 168 g/mol. The normalized spacial score (nSPS) is 34.2. The van der Waals surface area contributed by atoms with Gasteiger partial charge in [0.25, 0.3) is 0 Å². The fourth-order valence-corrected chi connectivity index (χ4v) is 2.98. The van der Waals surface area contributed by atoms with E-state index in [1.165, 1.54) is 24.8 Å². The van der Waals surface area contributed by atoms with Gasteiger partial charge in [-0.3, -0.25) is 0 Å². The van der Waals surface area contributed by atoms with Gasteiger partial charge in [0.05, 0.1) is 0 Å². The number of hydrogen-bond acceptors (Lipinski definition) is 0. The smallest absolute Gasteiger partial charge is 0.0206 e. The highest BCUT2D eigenvalue weighted by Crippen LogP contribution is 2.45. The lowest BCUT2D eigenvalue weighted by molar-refractivity contribution is 0.0964. The van der Waals surface area contributed by atoms with Crippen molar-refractivity contribution in [2.45, 2.75) is 53.9 Å². The monoisotopic (exact) mass is 194 g/mol. The summed E-state index contributed by atoms with van der Waals surface area (Å²) in [4.78, 5) is 0. The van der Waals surface area contributed by atoms with Crippen molar-refractivity contribution in [3.63, 3.8) is 0 Å². The Kier molecular flexibility index (Phi) is 3.44. The molecular formula is C14H26. The molecule has 0 nitrogen and oxygen atoms in total. The quantitative estimate of drug-likeness (QED) is 0.532. The molecule has 0 aromatic heterocycles. The van der Waals surface area contributed by atoms with Crippen LogP contribution in [0.3, 0.4) is 0 Å². The Bertz CT molecular complexity index is 207. The molecule has 14 heavy (non-hydrogen) atoms. The lowest BCUT2D eigenvalue weighted by atomic mass is 9.63. The average molecular weight is 194 g/mol. The molecule has 0 aliphatic heterocycles. The molecule has 1 aliphatic rings. The van der Waals surface area contributed by atoms with E-state index in [0.29, 0.717) is 5.41 Å². The molecule has 1 fully saturated rings. The molecule has 0 heterocycles. The first kappa shape index (κ1) is 11.8. The minimum atomic E-state index is 0.466. The van der Waals surface area contributed by atoms with E-state index >= 15 is 0 Å². The van der Waals surface area contributed by atoms with Crippen molar-refractivity contribution in [2.75, 3.05) is 0 Å². The van der Waals surface area contributed by atoms with Gasteiger partial charge in [-0.2, -0.15) is 0 Å². The first-order valence-electron chi connectivity index (χ1n) is 5.97. The Hall–Kier alpha value is -0.260. The van der Waals surface area contributed by atoms with E-state index in [1.807, 2.05) is 0 Å². The largest absolute Gasteiger partial charge is 0.0999 e. The summed E-state index contributed by atoms with van der Waals surface area (Å²) in [7, 11) is 0. The summed E-state index contributed by atoms with van der Waals surface area (Å²) >= 11 is 0. The van der Waals surface area contributed by atoms with Gasteiger partial charge in [0, 0.05) is 0 Å². The second kappa shape index (κ2) is 4.08. The minimum Gasteiger partial charge on any atom is -0.0999 e. The highest BCUT2D eigenvalue weighted by atomic mass is 14.4. The molecule has 0 heteroatoms. The third kappa shape index (κ3) is 2.62. The summed E-state index contributed by atoms with van der Waals surface area (Å²) in [6.07, 6.45) is 4.11. The summed E-state index contributed by atoms with van der Waals surface area (Å²) in [5.41, 5.74) is 1.86. The van der Waals surface area contributed by atoms with Gasteiger partial charge in [-0.15, -0.1) is 0 Å². The molecule has 1 aliphatic carbocycles. The van der Waals surface area contributed by atoms with E-state index in [-0.39, 0.29) is 0 Å². The minimum absolute atomic E-state index is 0.466. The van der Waals surface area contributed by atoms with Crippen molar-refractivity contribution < 1.29 is 0 Å². The van der Waals surface area contributed by atoms with Crippen LogP contribution in [0.4, 0.5) is 0 Å². The molecule has 0 aromatic rings. The summed E-state index contributed by atoms with van der Waals surface area (Å²) in [6, 6.07) is 0. The molecule has 1 rings (SSSR count). The fraction of sp³-hybridized carbons (Fsp3) is 0.857.